The molecular weight excluding hydrogens is 412 g/mol. The number of aromatic nitrogens is 1. The minimum atomic E-state index is -0.907. The van der Waals surface area contributed by atoms with Gasteiger partial charge in [-0.2, -0.15) is 11.3 Å². The van der Waals surface area contributed by atoms with Crippen LogP contribution in [0.15, 0.2) is 59.4 Å². The summed E-state index contributed by atoms with van der Waals surface area (Å²) in [4.78, 5) is 40.5. The largest absolute Gasteiger partial charge is 0.481 e. The van der Waals surface area contributed by atoms with Gasteiger partial charge in [0, 0.05) is 23.4 Å². The summed E-state index contributed by atoms with van der Waals surface area (Å²) >= 11 is 1.57. The molecule has 7 heteroatoms. The molecule has 0 saturated heterocycles. The van der Waals surface area contributed by atoms with Gasteiger partial charge in [0.25, 0.3) is 0 Å². The molecule has 6 nitrogen and oxygen atoms in total. The van der Waals surface area contributed by atoms with Crippen LogP contribution in [0.3, 0.4) is 0 Å². The lowest BCUT2D eigenvalue weighted by molar-refractivity contribution is -0.142. The molecular formula is C24H22N2O4S. The maximum Gasteiger partial charge on any atom is 0.307 e. The number of rotatable bonds is 7. The van der Waals surface area contributed by atoms with Crippen LogP contribution in [0.5, 0.6) is 0 Å². The molecule has 0 spiro atoms. The van der Waals surface area contributed by atoms with Crippen LogP contribution in [0.1, 0.15) is 35.3 Å². The molecule has 1 fully saturated rings. The molecule has 4 rings (SSSR count). The lowest BCUT2D eigenvalue weighted by Crippen LogP contribution is -2.25. The molecule has 2 atom stereocenters. The van der Waals surface area contributed by atoms with Gasteiger partial charge in [0.05, 0.1) is 12.3 Å². The lowest BCUT2D eigenvalue weighted by Gasteiger charge is -2.14. The topological polar surface area (TPSA) is 96.4 Å². The van der Waals surface area contributed by atoms with E-state index in [0.29, 0.717) is 30.6 Å². The average Bonchev–Trinajstić information content (AvgIpc) is 3.46. The average molecular weight is 435 g/mol. The number of nitrogens with zero attached hydrogens (tertiary/aromatic N) is 1. The van der Waals surface area contributed by atoms with Gasteiger partial charge in [-0.15, -0.1) is 0 Å². The van der Waals surface area contributed by atoms with E-state index in [1.54, 1.807) is 23.6 Å². The third-order valence-electron chi connectivity index (χ3n) is 5.63. The van der Waals surface area contributed by atoms with E-state index in [-0.39, 0.29) is 11.7 Å². The highest BCUT2D eigenvalue weighted by Gasteiger charge is 2.38. The summed E-state index contributed by atoms with van der Waals surface area (Å²) in [7, 11) is 0. The number of carbonyl (C=O) groups excluding carboxylic acids is 2. The Labute approximate surface area is 184 Å². The zero-order valence-corrected chi connectivity index (χ0v) is 17.6. The molecule has 0 radical (unpaired) electrons. The van der Waals surface area contributed by atoms with Crippen molar-refractivity contribution in [3.05, 3.63) is 70.7 Å². The SMILES string of the molecule is O=C(Cc1ccsc1)Nc1ccc(-c2ccc(C(=O)[C@H]3CCC[C@@H]3C(=O)O)nc2)cc1. The number of carbonyl (C=O) groups is 3. The molecule has 1 aliphatic carbocycles. The zero-order chi connectivity index (χ0) is 21.8. The summed E-state index contributed by atoms with van der Waals surface area (Å²) in [5.41, 5.74) is 3.76. The molecule has 1 aliphatic rings. The highest BCUT2D eigenvalue weighted by Crippen LogP contribution is 2.34. The number of anilines is 1. The normalized spacial score (nSPS) is 17.9. The maximum atomic E-state index is 12.7. The third-order valence-corrected chi connectivity index (χ3v) is 6.36. The Morgan fingerprint density at radius 3 is 2.39 bits per heavy atom. The van der Waals surface area contributed by atoms with Crippen molar-refractivity contribution in [1.82, 2.24) is 4.98 Å². The molecule has 2 aromatic heterocycles. The molecule has 1 amide bonds. The van der Waals surface area contributed by atoms with E-state index in [0.717, 1.165) is 23.1 Å². The fourth-order valence-corrected chi connectivity index (χ4v) is 4.67. The third kappa shape index (κ3) is 4.88. The Balaban J connectivity index is 1.40. The number of nitrogens with one attached hydrogen (secondary N) is 1. The molecule has 31 heavy (non-hydrogen) atoms. The standard InChI is InChI=1S/C24H22N2O4S/c27-22(12-15-10-11-31-14-15)26-18-7-4-16(5-8-18)17-6-9-21(25-13-17)23(28)19-2-1-3-20(19)24(29)30/h4-11,13-14,19-20H,1-3,12H2,(H,26,27)(H,29,30)/t19-,20-/m0/s1. The van der Waals surface area contributed by atoms with Gasteiger partial charge < -0.3 is 10.4 Å². The first-order valence-electron chi connectivity index (χ1n) is 10.2. The Hall–Kier alpha value is -3.32. The van der Waals surface area contributed by atoms with Crippen molar-refractivity contribution in [2.24, 2.45) is 11.8 Å². The number of carboxylic acids is 1. The van der Waals surface area contributed by atoms with Gasteiger partial charge >= 0.3 is 5.97 Å². The van der Waals surface area contributed by atoms with Crippen LogP contribution in [-0.4, -0.2) is 27.8 Å². The molecule has 0 aliphatic heterocycles. The summed E-state index contributed by atoms with van der Waals surface area (Å²) in [5.74, 6) is -2.28. The Morgan fingerprint density at radius 1 is 1.00 bits per heavy atom. The number of aliphatic carboxylic acids is 1. The van der Waals surface area contributed by atoms with Crippen LogP contribution in [0, 0.1) is 11.8 Å². The van der Waals surface area contributed by atoms with Crippen molar-refractivity contribution in [3.8, 4) is 11.1 Å². The molecule has 1 aromatic carbocycles. The van der Waals surface area contributed by atoms with Gasteiger partial charge in [0.2, 0.25) is 5.91 Å². The number of amides is 1. The van der Waals surface area contributed by atoms with E-state index in [1.807, 2.05) is 47.2 Å². The summed E-state index contributed by atoms with van der Waals surface area (Å²) < 4.78 is 0. The highest BCUT2D eigenvalue weighted by molar-refractivity contribution is 7.08. The maximum absolute atomic E-state index is 12.7. The minimum absolute atomic E-state index is 0.0674. The quantitative estimate of drug-likeness (QED) is 0.527. The number of hydrogen-bond donors (Lipinski definition) is 2. The number of ketones is 1. The van der Waals surface area contributed by atoms with E-state index in [2.05, 4.69) is 10.3 Å². The molecule has 3 aromatic rings. The Morgan fingerprint density at radius 2 is 1.74 bits per heavy atom. The van der Waals surface area contributed by atoms with Crippen molar-refractivity contribution in [1.29, 1.82) is 0 Å². The van der Waals surface area contributed by atoms with E-state index in [4.69, 9.17) is 0 Å². The first-order valence-corrected chi connectivity index (χ1v) is 11.1. The second-order valence-corrected chi connectivity index (χ2v) is 8.49. The molecule has 2 heterocycles. The summed E-state index contributed by atoms with van der Waals surface area (Å²) in [6.45, 7) is 0. The van der Waals surface area contributed by atoms with Crippen molar-refractivity contribution >= 4 is 34.7 Å². The van der Waals surface area contributed by atoms with Crippen LogP contribution >= 0.6 is 11.3 Å². The summed E-state index contributed by atoms with van der Waals surface area (Å²) in [6, 6.07) is 12.8. The van der Waals surface area contributed by atoms with Gasteiger partial charge in [-0.25, -0.2) is 0 Å². The monoisotopic (exact) mass is 434 g/mol. The van der Waals surface area contributed by atoms with Crippen LogP contribution < -0.4 is 5.32 Å². The minimum Gasteiger partial charge on any atom is -0.481 e. The van der Waals surface area contributed by atoms with Gasteiger partial charge in [0.15, 0.2) is 5.78 Å². The van der Waals surface area contributed by atoms with E-state index >= 15 is 0 Å². The molecule has 158 valence electrons. The number of benzene rings is 1. The van der Waals surface area contributed by atoms with Crippen molar-refractivity contribution < 1.29 is 19.5 Å². The van der Waals surface area contributed by atoms with Gasteiger partial charge in [-0.3, -0.25) is 19.4 Å². The Kier molecular flexibility index (Phi) is 6.23. The van der Waals surface area contributed by atoms with Gasteiger partial charge in [0.1, 0.15) is 5.69 Å². The highest BCUT2D eigenvalue weighted by atomic mass is 32.1. The zero-order valence-electron chi connectivity index (χ0n) is 16.8. The van der Waals surface area contributed by atoms with Crippen molar-refractivity contribution in [2.45, 2.75) is 25.7 Å². The van der Waals surface area contributed by atoms with Crippen molar-refractivity contribution in [3.63, 3.8) is 0 Å². The fraction of sp³-hybridized carbons (Fsp3) is 0.250. The van der Waals surface area contributed by atoms with E-state index in [1.165, 1.54) is 0 Å². The van der Waals surface area contributed by atoms with Crippen LogP contribution in [-0.2, 0) is 16.0 Å². The number of pyridine rings is 1. The summed E-state index contributed by atoms with van der Waals surface area (Å²) in [6.07, 6.45) is 3.86. The van der Waals surface area contributed by atoms with Crippen LogP contribution in [0.25, 0.3) is 11.1 Å². The lowest BCUT2D eigenvalue weighted by atomic mass is 9.90. The van der Waals surface area contributed by atoms with Gasteiger partial charge in [-0.05, 0) is 59.0 Å². The molecule has 1 saturated carbocycles. The predicted octanol–water partition coefficient (Wildman–Crippen LogP) is 4.67. The van der Waals surface area contributed by atoms with Crippen LogP contribution in [0.4, 0.5) is 5.69 Å². The number of Topliss-reactive ketones (excluding diaryl/α,β-unsaturated/α-hetero) is 1. The second kappa shape index (κ2) is 9.22. The number of hydrogen-bond acceptors (Lipinski definition) is 5. The number of thiophene rings is 1. The Bertz CT molecular complexity index is 1080. The van der Waals surface area contributed by atoms with E-state index in [9.17, 15) is 19.5 Å². The fourth-order valence-electron chi connectivity index (χ4n) is 4.00. The molecule has 2 N–H and O–H groups in total. The van der Waals surface area contributed by atoms with Gasteiger partial charge in [-0.1, -0.05) is 24.6 Å². The summed E-state index contributed by atoms with van der Waals surface area (Å²) in [5, 5.41) is 16.1. The van der Waals surface area contributed by atoms with Crippen molar-refractivity contribution in [2.75, 3.05) is 5.32 Å². The first kappa shape index (κ1) is 20.9. The molecule has 0 bridgehead atoms. The first-order chi connectivity index (χ1) is 15.0. The number of carboxylic acid groups (broad SMARTS) is 1. The molecule has 0 unspecified atom stereocenters. The van der Waals surface area contributed by atoms with E-state index < -0.39 is 17.8 Å². The smallest absolute Gasteiger partial charge is 0.307 e. The predicted molar refractivity (Wildman–Crippen MR) is 119 cm³/mol. The van der Waals surface area contributed by atoms with Crippen LogP contribution in [0.2, 0.25) is 0 Å². The second-order valence-electron chi connectivity index (χ2n) is 7.71.